The van der Waals surface area contributed by atoms with E-state index in [4.69, 9.17) is 15.2 Å². The van der Waals surface area contributed by atoms with Crippen LogP contribution in [0.1, 0.15) is 30.0 Å². The first-order valence-electron chi connectivity index (χ1n) is 6.95. The minimum absolute atomic E-state index is 0.00940. The van der Waals surface area contributed by atoms with Gasteiger partial charge in [0.1, 0.15) is 0 Å². The summed E-state index contributed by atoms with van der Waals surface area (Å²) in [6.07, 6.45) is 2.14. The van der Waals surface area contributed by atoms with E-state index < -0.39 is 0 Å². The molecule has 2 N–H and O–H groups in total. The Labute approximate surface area is 118 Å². The van der Waals surface area contributed by atoms with Crippen LogP contribution in [0, 0.1) is 0 Å². The molecule has 1 fully saturated rings. The highest BCUT2D eigenvalue weighted by Gasteiger charge is 2.38. The summed E-state index contributed by atoms with van der Waals surface area (Å²) in [6.45, 7) is 0.736. The van der Waals surface area contributed by atoms with Gasteiger partial charge in [-0.1, -0.05) is 0 Å². The summed E-state index contributed by atoms with van der Waals surface area (Å²) in [5.74, 6) is 1.63. The first-order valence-corrected chi connectivity index (χ1v) is 6.95. The Balaban J connectivity index is 2.08. The Hall–Kier alpha value is -1.75. The molecule has 0 aromatic heterocycles. The second kappa shape index (κ2) is 4.98. The van der Waals surface area contributed by atoms with E-state index >= 15 is 0 Å². The predicted molar refractivity (Wildman–Crippen MR) is 74.9 cm³/mol. The van der Waals surface area contributed by atoms with Crippen molar-refractivity contribution in [3.05, 3.63) is 23.3 Å². The average Bonchev–Trinajstić information content (AvgIpc) is 2.48. The van der Waals surface area contributed by atoms with Crippen molar-refractivity contribution in [2.45, 2.75) is 31.3 Å². The van der Waals surface area contributed by atoms with Crippen molar-refractivity contribution < 1.29 is 14.3 Å². The first kappa shape index (κ1) is 13.2. The summed E-state index contributed by atoms with van der Waals surface area (Å²) in [5, 5.41) is 0. The van der Waals surface area contributed by atoms with Crippen LogP contribution in [-0.4, -0.2) is 37.6 Å². The maximum absolute atomic E-state index is 12.1. The third-order valence-electron chi connectivity index (χ3n) is 4.34. The molecule has 0 bridgehead atoms. The van der Waals surface area contributed by atoms with Gasteiger partial charge < -0.3 is 20.1 Å². The molecular formula is C15H20N2O3. The molecule has 2 aliphatic heterocycles. The number of benzene rings is 1. The van der Waals surface area contributed by atoms with E-state index in [-0.39, 0.29) is 18.0 Å². The van der Waals surface area contributed by atoms with E-state index in [0.717, 1.165) is 30.7 Å². The lowest BCUT2D eigenvalue weighted by Crippen LogP contribution is -2.51. The van der Waals surface area contributed by atoms with Crippen molar-refractivity contribution in [1.82, 2.24) is 4.90 Å². The van der Waals surface area contributed by atoms with Crippen LogP contribution in [0.4, 0.5) is 0 Å². The Morgan fingerprint density at radius 2 is 1.90 bits per heavy atom. The van der Waals surface area contributed by atoms with Gasteiger partial charge in [-0.2, -0.15) is 0 Å². The van der Waals surface area contributed by atoms with Crippen molar-refractivity contribution in [3.8, 4) is 11.5 Å². The molecule has 20 heavy (non-hydrogen) atoms. The Kier molecular flexibility index (Phi) is 3.30. The fourth-order valence-corrected chi connectivity index (χ4v) is 3.31. The molecule has 1 aromatic rings. The van der Waals surface area contributed by atoms with E-state index in [1.807, 2.05) is 17.0 Å². The monoisotopic (exact) mass is 276 g/mol. The number of nitrogens with zero attached hydrogens (tertiary/aromatic N) is 1. The van der Waals surface area contributed by atoms with E-state index in [1.54, 1.807) is 14.2 Å². The van der Waals surface area contributed by atoms with Crippen LogP contribution >= 0.6 is 0 Å². The molecule has 0 saturated carbocycles. The number of hydrogen-bond acceptors (Lipinski definition) is 4. The quantitative estimate of drug-likeness (QED) is 0.883. The van der Waals surface area contributed by atoms with Crippen molar-refractivity contribution in [1.29, 1.82) is 0 Å². The number of methoxy groups -OCH3 is 2. The van der Waals surface area contributed by atoms with Crippen LogP contribution in [0.15, 0.2) is 12.1 Å². The van der Waals surface area contributed by atoms with Gasteiger partial charge in [-0.05, 0) is 36.1 Å². The molecule has 108 valence electrons. The molecule has 1 aromatic carbocycles. The smallest absolute Gasteiger partial charge is 0.223 e. The van der Waals surface area contributed by atoms with E-state index in [2.05, 4.69) is 0 Å². The normalized spacial score (nSPS) is 24.9. The number of ether oxygens (including phenoxy) is 2. The lowest BCUT2D eigenvalue weighted by Gasteiger charge is -2.44. The molecule has 3 rings (SSSR count). The maximum atomic E-state index is 12.1. The third kappa shape index (κ3) is 1.93. The largest absolute Gasteiger partial charge is 0.493 e. The molecule has 2 heterocycles. The SMILES string of the molecule is COc1cc2c(cc1OC)[C@@H]1[C@@H](N)CCC(=O)N1CC2. The minimum atomic E-state index is -0.0280. The van der Waals surface area contributed by atoms with Crippen LogP contribution in [0.5, 0.6) is 11.5 Å². The Morgan fingerprint density at radius 1 is 1.20 bits per heavy atom. The second-order valence-electron chi connectivity index (χ2n) is 5.39. The van der Waals surface area contributed by atoms with Crippen molar-refractivity contribution in [3.63, 3.8) is 0 Å². The van der Waals surface area contributed by atoms with Crippen molar-refractivity contribution in [2.24, 2.45) is 5.73 Å². The van der Waals surface area contributed by atoms with Gasteiger partial charge in [0.15, 0.2) is 11.5 Å². The molecule has 2 atom stereocenters. The standard InChI is InChI=1S/C15H20N2O3/c1-19-12-7-9-5-6-17-14(18)4-3-11(16)15(17)10(9)8-13(12)20-2/h7-8,11,15H,3-6,16H2,1-2H3/t11-,15+/m0/s1. The molecule has 2 aliphatic rings. The molecular weight excluding hydrogens is 256 g/mol. The van der Waals surface area contributed by atoms with Crippen molar-refractivity contribution >= 4 is 5.91 Å². The van der Waals surface area contributed by atoms with Gasteiger partial charge in [0.2, 0.25) is 5.91 Å². The molecule has 0 spiro atoms. The second-order valence-corrected chi connectivity index (χ2v) is 5.39. The highest BCUT2D eigenvalue weighted by Crippen LogP contribution is 2.41. The Morgan fingerprint density at radius 3 is 2.60 bits per heavy atom. The van der Waals surface area contributed by atoms with Crippen molar-refractivity contribution in [2.75, 3.05) is 20.8 Å². The van der Waals surface area contributed by atoms with Gasteiger partial charge in [0, 0.05) is 19.0 Å². The van der Waals surface area contributed by atoms with Crippen LogP contribution in [0.2, 0.25) is 0 Å². The summed E-state index contributed by atoms with van der Waals surface area (Å²) in [4.78, 5) is 14.0. The highest BCUT2D eigenvalue weighted by molar-refractivity contribution is 5.78. The lowest BCUT2D eigenvalue weighted by atomic mass is 9.83. The summed E-state index contributed by atoms with van der Waals surface area (Å²) in [6, 6.07) is 3.95. The van der Waals surface area contributed by atoms with E-state index in [1.165, 1.54) is 5.56 Å². The topological polar surface area (TPSA) is 64.8 Å². The zero-order valence-electron chi connectivity index (χ0n) is 11.9. The molecule has 5 nitrogen and oxygen atoms in total. The number of piperidine rings is 1. The lowest BCUT2D eigenvalue weighted by molar-refractivity contribution is -0.137. The zero-order chi connectivity index (χ0) is 14.3. The van der Waals surface area contributed by atoms with E-state index in [9.17, 15) is 4.79 Å². The molecule has 1 saturated heterocycles. The molecule has 5 heteroatoms. The molecule has 1 amide bonds. The summed E-state index contributed by atoms with van der Waals surface area (Å²) < 4.78 is 10.7. The predicted octanol–water partition coefficient (Wildman–Crippen LogP) is 1.25. The fourth-order valence-electron chi connectivity index (χ4n) is 3.31. The summed E-state index contributed by atoms with van der Waals surface area (Å²) in [7, 11) is 3.26. The average molecular weight is 276 g/mol. The number of amides is 1. The number of carbonyl (C=O) groups is 1. The zero-order valence-corrected chi connectivity index (χ0v) is 11.9. The summed E-state index contributed by atoms with van der Waals surface area (Å²) in [5.41, 5.74) is 8.57. The van der Waals surface area contributed by atoms with Gasteiger partial charge >= 0.3 is 0 Å². The van der Waals surface area contributed by atoms with Crippen LogP contribution in [0.25, 0.3) is 0 Å². The number of hydrogen-bond donors (Lipinski definition) is 1. The van der Waals surface area contributed by atoms with E-state index in [0.29, 0.717) is 12.2 Å². The van der Waals surface area contributed by atoms with Gasteiger partial charge in [0.05, 0.1) is 20.3 Å². The number of carbonyl (C=O) groups excluding carboxylic acids is 1. The van der Waals surface area contributed by atoms with Crippen LogP contribution < -0.4 is 15.2 Å². The number of nitrogens with two attached hydrogens (primary N) is 1. The maximum Gasteiger partial charge on any atom is 0.223 e. The van der Waals surface area contributed by atoms with Crippen LogP contribution in [0.3, 0.4) is 0 Å². The number of rotatable bonds is 2. The highest BCUT2D eigenvalue weighted by atomic mass is 16.5. The number of fused-ring (bicyclic) bond motifs is 3. The minimum Gasteiger partial charge on any atom is -0.493 e. The van der Waals surface area contributed by atoms with Gasteiger partial charge in [0.25, 0.3) is 0 Å². The molecule has 0 unspecified atom stereocenters. The molecule has 0 radical (unpaired) electrons. The third-order valence-corrected chi connectivity index (χ3v) is 4.34. The van der Waals surface area contributed by atoms with Crippen LogP contribution in [-0.2, 0) is 11.2 Å². The van der Waals surface area contributed by atoms with Gasteiger partial charge in [-0.15, -0.1) is 0 Å². The van der Waals surface area contributed by atoms with Gasteiger partial charge in [-0.25, -0.2) is 0 Å². The summed E-state index contributed by atoms with van der Waals surface area (Å²) >= 11 is 0. The fraction of sp³-hybridized carbons (Fsp3) is 0.533. The first-order chi connectivity index (χ1) is 9.65. The van der Waals surface area contributed by atoms with Gasteiger partial charge in [-0.3, -0.25) is 4.79 Å². The Bertz CT molecular complexity index is 544. The molecule has 0 aliphatic carbocycles.